The van der Waals surface area contributed by atoms with Crippen molar-refractivity contribution in [2.75, 3.05) is 0 Å². The summed E-state index contributed by atoms with van der Waals surface area (Å²) in [7, 11) is 0. The molecule has 244 valence electrons. The molecule has 0 atom stereocenters. The second kappa shape index (κ2) is 9.93. The first kappa shape index (κ1) is 28.4. The van der Waals surface area contributed by atoms with Crippen LogP contribution >= 0.6 is 11.3 Å². The maximum atomic E-state index is 5.49. The SMILES string of the molecule is CC1(C)c2ccccc2-c2nc(-n3c4ccccc4c4c3ccc3c5ccccc5n(-c5ccc6c(c5)sc5ccccc56)c34)nc3cccc1c23. The fraction of sp³-hybridized carbons (Fsp3) is 0.0638. The van der Waals surface area contributed by atoms with E-state index in [1.165, 1.54) is 69.4 Å². The fourth-order valence-electron chi connectivity index (χ4n) is 9.21. The molecule has 7 aromatic carbocycles. The van der Waals surface area contributed by atoms with Gasteiger partial charge in [-0.15, -0.1) is 11.3 Å². The van der Waals surface area contributed by atoms with Crippen molar-refractivity contribution in [2.45, 2.75) is 19.3 Å². The minimum atomic E-state index is -0.154. The summed E-state index contributed by atoms with van der Waals surface area (Å²) in [5.41, 5.74) is 11.3. The Kier molecular flexibility index (Phi) is 5.43. The quantitative estimate of drug-likeness (QED) is 0.182. The van der Waals surface area contributed by atoms with Crippen LogP contribution in [-0.4, -0.2) is 19.1 Å². The van der Waals surface area contributed by atoms with Crippen LogP contribution in [0.2, 0.25) is 0 Å². The standard InChI is InChI=1S/C47H30N4S/c1-47(2)34-16-7-3-14-32(34)44-43-35(47)17-11-18-36(43)48-46(49-44)51-38-20-9-5-15-33(38)42-39(51)25-24-31-28-12-4-8-19-37(28)50(45(31)42)27-22-23-30-29-13-6-10-21-40(29)52-41(30)26-27/h3-26H,1-2H3. The highest BCUT2D eigenvalue weighted by molar-refractivity contribution is 7.25. The van der Waals surface area contributed by atoms with Crippen LogP contribution in [-0.2, 0) is 5.41 Å². The topological polar surface area (TPSA) is 35.6 Å². The fourth-order valence-corrected chi connectivity index (χ4v) is 10.4. The lowest BCUT2D eigenvalue weighted by Crippen LogP contribution is -2.24. The second-order valence-corrected chi connectivity index (χ2v) is 15.7. The van der Waals surface area contributed by atoms with Gasteiger partial charge in [-0.3, -0.25) is 4.57 Å². The van der Waals surface area contributed by atoms with E-state index in [0.29, 0.717) is 5.95 Å². The van der Waals surface area contributed by atoms with Crippen molar-refractivity contribution >= 4 is 86.0 Å². The number of para-hydroxylation sites is 2. The number of aromatic nitrogens is 4. The second-order valence-electron chi connectivity index (χ2n) is 14.6. The van der Waals surface area contributed by atoms with E-state index in [0.717, 1.165) is 33.3 Å². The van der Waals surface area contributed by atoms with Crippen molar-refractivity contribution < 1.29 is 0 Å². The van der Waals surface area contributed by atoms with Gasteiger partial charge in [0.1, 0.15) is 0 Å². The van der Waals surface area contributed by atoms with E-state index < -0.39 is 0 Å². The molecule has 0 aliphatic heterocycles. The van der Waals surface area contributed by atoms with Crippen LogP contribution in [0, 0.1) is 0 Å². The predicted octanol–water partition coefficient (Wildman–Crippen LogP) is 12.5. The van der Waals surface area contributed by atoms with Crippen LogP contribution in [0.3, 0.4) is 0 Å². The lowest BCUT2D eigenvalue weighted by atomic mass is 9.70. The molecule has 12 rings (SSSR count). The minimum absolute atomic E-state index is 0.154. The molecule has 4 heterocycles. The van der Waals surface area contributed by atoms with Crippen LogP contribution in [0.1, 0.15) is 25.0 Å². The number of thiophene rings is 1. The van der Waals surface area contributed by atoms with Gasteiger partial charge < -0.3 is 4.57 Å². The van der Waals surface area contributed by atoms with Gasteiger partial charge in [0.05, 0.1) is 33.3 Å². The number of hydrogen-bond acceptors (Lipinski definition) is 3. The maximum Gasteiger partial charge on any atom is 0.235 e. The molecular weight excluding hydrogens is 653 g/mol. The highest BCUT2D eigenvalue weighted by atomic mass is 32.1. The number of nitrogens with zero attached hydrogens (tertiary/aromatic N) is 4. The summed E-state index contributed by atoms with van der Waals surface area (Å²) in [6.45, 7) is 4.63. The van der Waals surface area contributed by atoms with Gasteiger partial charge in [-0.25, -0.2) is 9.97 Å². The first-order chi connectivity index (χ1) is 25.6. The zero-order valence-electron chi connectivity index (χ0n) is 28.6. The van der Waals surface area contributed by atoms with E-state index in [2.05, 4.69) is 169 Å². The molecule has 0 fully saturated rings. The van der Waals surface area contributed by atoms with Gasteiger partial charge in [0.25, 0.3) is 0 Å². The van der Waals surface area contributed by atoms with Gasteiger partial charge in [0, 0.05) is 63.8 Å². The molecule has 0 spiro atoms. The number of hydrogen-bond donors (Lipinski definition) is 0. The zero-order valence-corrected chi connectivity index (χ0v) is 29.4. The molecule has 4 nitrogen and oxygen atoms in total. The molecule has 11 aromatic rings. The van der Waals surface area contributed by atoms with Crippen LogP contribution in [0.25, 0.3) is 97.6 Å². The van der Waals surface area contributed by atoms with Crippen molar-refractivity contribution in [1.29, 1.82) is 0 Å². The maximum absolute atomic E-state index is 5.49. The summed E-state index contributed by atoms with van der Waals surface area (Å²) in [6.07, 6.45) is 0. The Morgan fingerprint density at radius 3 is 2.08 bits per heavy atom. The Bertz CT molecular complexity index is 3340. The van der Waals surface area contributed by atoms with E-state index in [-0.39, 0.29) is 5.41 Å². The van der Waals surface area contributed by atoms with Gasteiger partial charge in [-0.1, -0.05) is 117 Å². The molecule has 0 amide bonds. The summed E-state index contributed by atoms with van der Waals surface area (Å²) >= 11 is 1.86. The van der Waals surface area contributed by atoms with Crippen molar-refractivity contribution in [2.24, 2.45) is 0 Å². The van der Waals surface area contributed by atoms with Gasteiger partial charge in [-0.2, -0.15) is 0 Å². The van der Waals surface area contributed by atoms with E-state index in [1.807, 2.05) is 11.3 Å². The molecule has 4 aromatic heterocycles. The molecule has 1 aliphatic carbocycles. The summed E-state index contributed by atoms with van der Waals surface area (Å²) < 4.78 is 7.37. The van der Waals surface area contributed by atoms with Crippen LogP contribution in [0.4, 0.5) is 0 Å². The first-order valence-electron chi connectivity index (χ1n) is 17.8. The van der Waals surface area contributed by atoms with Crippen molar-refractivity contribution in [3.05, 3.63) is 157 Å². The average molecular weight is 683 g/mol. The van der Waals surface area contributed by atoms with Gasteiger partial charge >= 0.3 is 0 Å². The molecule has 0 N–H and O–H groups in total. The third-order valence-corrected chi connectivity index (χ3v) is 12.7. The Labute approximate surface area is 302 Å². The lowest BCUT2D eigenvalue weighted by molar-refractivity contribution is 0.643. The zero-order chi connectivity index (χ0) is 34.3. The molecule has 0 saturated heterocycles. The minimum Gasteiger partial charge on any atom is -0.308 e. The number of fused-ring (bicyclic) bond motifs is 12. The third-order valence-electron chi connectivity index (χ3n) is 11.5. The van der Waals surface area contributed by atoms with Gasteiger partial charge in [-0.05, 0) is 53.6 Å². The normalized spacial score (nSPS) is 13.7. The van der Waals surface area contributed by atoms with E-state index >= 15 is 0 Å². The molecule has 5 heteroatoms. The monoisotopic (exact) mass is 682 g/mol. The molecule has 1 aliphatic rings. The summed E-state index contributed by atoms with van der Waals surface area (Å²) in [5.74, 6) is 0.689. The Hall–Kier alpha value is -6.30. The highest BCUT2D eigenvalue weighted by Crippen LogP contribution is 2.48. The van der Waals surface area contributed by atoms with Crippen molar-refractivity contribution in [3.63, 3.8) is 0 Å². The molecule has 0 unspecified atom stereocenters. The van der Waals surface area contributed by atoms with Crippen molar-refractivity contribution in [3.8, 4) is 22.9 Å². The Morgan fingerprint density at radius 2 is 1.19 bits per heavy atom. The lowest BCUT2D eigenvalue weighted by Gasteiger charge is -2.34. The first-order valence-corrected chi connectivity index (χ1v) is 18.7. The average Bonchev–Trinajstić information content (AvgIpc) is 3.84. The van der Waals surface area contributed by atoms with E-state index in [1.54, 1.807) is 0 Å². The van der Waals surface area contributed by atoms with E-state index in [4.69, 9.17) is 9.97 Å². The van der Waals surface area contributed by atoms with Crippen LogP contribution in [0.15, 0.2) is 146 Å². The number of benzene rings is 7. The van der Waals surface area contributed by atoms with Crippen LogP contribution in [0.5, 0.6) is 0 Å². The smallest absolute Gasteiger partial charge is 0.235 e. The molecule has 0 saturated carbocycles. The summed E-state index contributed by atoms with van der Waals surface area (Å²) in [6, 6.07) is 53.1. The summed E-state index contributed by atoms with van der Waals surface area (Å²) in [4.78, 5) is 10.9. The largest absolute Gasteiger partial charge is 0.308 e. The van der Waals surface area contributed by atoms with Crippen LogP contribution < -0.4 is 0 Å². The highest BCUT2D eigenvalue weighted by Gasteiger charge is 2.35. The Morgan fingerprint density at radius 1 is 0.500 bits per heavy atom. The predicted molar refractivity (Wildman–Crippen MR) is 219 cm³/mol. The van der Waals surface area contributed by atoms with Crippen molar-refractivity contribution in [1.82, 2.24) is 19.1 Å². The summed E-state index contributed by atoms with van der Waals surface area (Å²) in [5, 5.41) is 8.63. The molecule has 52 heavy (non-hydrogen) atoms. The third kappa shape index (κ3) is 3.56. The molecular formula is C47H30N4S. The molecule has 0 bridgehead atoms. The Balaban J connectivity index is 1.21. The van der Waals surface area contributed by atoms with Gasteiger partial charge in [0.2, 0.25) is 5.95 Å². The number of rotatable bonds is 2. The van der Waals surface area contributed by atoms with E-state index in [9.17, 15) is 0 Å². The van der Waals surface area contributed by atoms with Gasteiger partial charge in [0.15, 0.2) is 0 Å². The molecule has 0 radical (unpaired) electrons.